The maximum atomic E-state index is 11.9. The van der Waals surface area contributed by atoms with Crippen LogP contribution in [0, 0.1) is 5.92 Å². The Labute approximate surface area is 102 Å². The average molecular weight is 242 g/mol. The topological polar surface area (TPSA) is 81.4 Å². The molecule has 0 aromatic heterocycles. The van der Waals surface area contributed by atoms with Gasteiger partial charge in [0, 0.05) is 6.54 Å². The second-order valence-electron chi connectivity index (χ2n) is 4.73. The van der Waals surface area contributed by atoms with Gasteiger partial charge in [-0.1, -0.05) is 19.8 Å². The van der Waals surface area contributed by atoms with Gasteiger partial charge in [-0.25, -0.2) is 0 Å². The van der Waals surface area contributed by atoms with Gasteiger partial charge in [-0.3, -0.25) is 9.59 Å². The molecule has 17 heavy (non-hydrogen) atoms. The van der Waals surface area contributed by atoms with Crippen molar-refractivity contribution in [2.45, 2.75) is 45.1 Å². The van der Waals surface area contributed by atoms with Gasteiger partial charge in [0.1, 0.15) is 0 Å². The van der Waals surface area contributed by atoms with Gasteiger partial charge in [-0.15, -0.1) is 0 Å². The molecule has 0 heterocycles. The van der Waals surface area contributed by atoms with Crippen molar-refractivity contribution < 1.29 is 14.3 Å². The maximum Gasteiger partial charge on any atom is 0.310 e. The molecule has 0 aromatic rings. The summed E-state index contributed by atoms with van der Waals surface area (Å²) in [7, 11) is 0. The Hall–Kier alpha value is -1.10. The Kier molecular flexibility index (Phi) is 4.93. The second-order valence-corrected chi connectivity index (χ2v) is 4.73. The van der Waals surface area contributed by atoms with Crippen molar-refractivity contribution in [2.24, 2.45) is 11.7 Å². The maximum absolute atomic E-state index is 11.9. The summed E-state index contributed by atoms with van der Waals surface area (Å²) in [6.07, 6.45) is 3.45. The smallest absolute Gasteiger partial charge is 0.310 e. The van der Waals surface area contributed by atoms with Crippen LogP contribution < -0.4 is 11.1 Å². The molecule has 1 amide bonds. The van der Waals surface area contributed by atoms with E-state index in [0.29, 0.717) is 6.61 Å². The lowest BCUT2D eigenvalue weighted by atomic mass is 9.98. The highest BCUT2D eigenvalue weighted by molar-refractivity contribution is 5.86. The molecule has 1 unspecified atom stereocenters. The molecule has 0 saturated heterocycles. The fraction of sp³-hybridized carbons (Fsp3) is 0.833. The number of nitrogens with two attached hydrogens (primary N) is 1. The van der Waals surface area contributed by atoms with Crippen LogP contribution in [0.2, 0.25) is 0 Å². The van der Waals surface area contributed by atoms with Gasteiger partial charge in [-0.05, 0) is 19.8 Å². The molecule has 1 saturated carbocycles. The zero-order valence-electron chi connectivity index (χ0n) is 10.6. The molecule has 1 atom stereocenters. The number of hydrogen-bond donors (Lipinski definition) is 2. The molecule has 0 radical (unpaired) electrons. The minimum atomic E-state index is -0.728. The summed E-state index contributed by atoms with van der Waals surface area (Å²) in [4.78, 5) is 23.2. The zero-order chi connectivity index (χ0) is 12.9. The summed E-state index contributed by atoms with van der Waals surface area (Å²) in [6, 6.07) is 0. The van der Waals surface area contributed by atoms with E-state index in [2.05, 4.69) is 5.32 Å². The van der Waals surface area contributed by atoms with E-state index in [1.165, 1.54) is 0 Å². The summed E-state index contributed by atoms with van der Waals surface area (Å²) in [6.45, 7) is 4.14. The lowest BCUT2D eigenvalue weighted by Crippen LogP contribution is -2.53. The zero-order valence-corrected chi connectivity index (χ0v) is 10.6. The van der Waals surface area contributed by atoms with Crippen molar-refractivity contribution in [3.05, 3.63) is 0 Å². The molecule has 5 heteroatoms. The van der Waals surface area contributed by atoms with Gasteiger partial charge in [-0.2, -0.15) is 0 Å². The number of nitrogens with one attached hydrogen (secondary N) is 1. The Morgan fingerprint density at radius 2 is 2.00 bits per heavy atom. The Balaban J connectivity index is 2.35. The third kappa shape index (κ3) is 3.70. The average Bonchev–Trinajstić information content (AvgIpc) is 2.74. The fourth-order valence-electron chi connectivity index (χ4n) is 2.02. The van der Waals surface area contributed by atoms with E-state index in [4.69, 9.17) is 10.5 Å². The molecule has 1 aliphatic rings. The van der Waals surface area contributed by atoms with Crippen molar-refractivity contribution in [3.63, 3.8) is 0 Å². The van der Waals surface area contributed by atoms with Crippen LogP contribution in [0.1, 0.15) is 39.5 Å². The Morgan fingerprint density at radius 3 is 2.53 bits per heavy atom. The molecule has 0 spiro atoms. The Morgan fingerprint density at radius 1 is 1.41 bits per heavy atom. The SMILES string of the molecule is CCOC(=O)C(C)CNC(=O)C1(N)CCCC1. The fourth-order valence-corrected chi connectivity index (χ4v) is 2.02. The number of ether oxygens (including phenoxy) is 1. The van der Waals surface area contributed by atoms with Gasteiger partial charge < -0.3 is 15.8 Å². The highest BCUT2D eigenvalue weighted by atomic mass is 16.5. The summed E-state index contributed by atoms with van der Waals surface area (Å²) in [5.41, 5.74) is 5.27. The van der Waals surface area contributed by atoms with Gasteiger partial charge in [0.2, 0.25) is 5.91 Å². The first kappa shape index (κ1) is 14.0. The molecule has 5 nitrogen and oxygen atoms in total. The van der Waals surface area contributed by atoms with Crippen molar-refractivity contribution in [3.8, 4) is 0 Å². The molecule has 0 aliphatic heterocycles. The number of carbonyl (C=O) groups is 2. The first-order chi connectivity index (χ1) is 7.99. The van der Waals surface area contributed by atoms with Gasteiger partial charge in [0.15, 0.2) is 0 Å². The minimum Gasteiger partial charge on any atom is -0.466 e. The number of amides is 1. The third-order valence-electron chi connectivity index (χ3n) is 3.21. The van der Waals surface area contributed by atoms with E-state index in [-0.39, 0.29) is 24.3 Å². The molecule has 0 aromatic carbocycles. The lowest BCUT2D eigenvalue weighted by Gasteiger charge is -2.23. The molecule has 3 N–H and O–H groups in total. The van der Waals surface area contributed by atoms with E-state index in [1.54, 1.807) is 13.8 Å². The third-order valence-corrected chi connectivity index (χ3v) is 3.21. The largest absolute Gasteiger partial charge is 0.466 e. The van der Waals surface area contributed by atoms with Gasteiger partial charge in [0.25, 0.3) is 0 Å². The van der Waals surface area contributed by atoms with E-state index in [0.717, 1.165) is 25.7 Å². The predicted molar refractivity (Wildman–Crippen MR) is 64.2 cm³/mol. The van der Waals surface area contributed by atoms with Crippen LogP contribution in [-0.4, -0.2) is 30.6 Å². The standard InChI is InChI=1S/C12H22N2O3/c1-3-17-10(15)9(2)8-14-11(16)12(13)6-4-5-7-12/h9H,3-8,13H2,1-2H3,(H,14,16). The van der Waals surface area contributed by atoms with Crippen LogP contribution >= 0.6 is 0 Å². The molecular formula is C12H22N2O3. The minimum absolute atomic E-state index is 0.147. The molecule has 1 fully saturated rings. The summed E-state index contributed by atoms with van der Waals surface area (Å²) in [5.74, 6) is -0.764. The van der Waals surface area contributed by atoms with Crippen molar-refractivity contribution in [1.82, 2.24) is 5.32 Å². The summed E-state index contributed by atoms with van der Waals surface area (Å²) in [5, 5.41) is 2.74. The Bertz CT molecular complexity index is 285. The molecule has 0 bridgehead atoms. The van der Waals surface area contributed by atoms with Crippen LogP contribution in [0.15, 0.2) is 0 Å². The molecule has 98 valence electrons. The van der Waals surface area contributed by atoms with E-state index < -0.39 is 5.54 Å². The van der Waals surface area contributed by atoms with Crippen LogP contribution in [0.5, 0.6) is 0 Å². The highest BCUT2D eigenvalue weighted by Crippen LogP contribution is 2.27. The van der Waals surface area contributed by atoms with Crippen LogP contribution in [0.4, 0.5) is 0 Å². The predicted octanol–water partition coefficient (Wildman–Crippen LogP) is 0.573. The quantitative estimate of drug-likeness (QED) is 0.691. The number of hydrogen-bond acceptors (Lipinski definition) is 4. The van der Waals surface area contributed by atoms with Crippen molar-refractivity contribution >= 4 is 11.9 Å². The number of carbonyl (C=O) groups excluding carboxylic acids is 2. The van der Waals surface area contributed by atoms with E-state index >= 15 is 0 Å². The monoisotopic (exact) mass is 242 g/mol. The van der Waals surface area contributed by atoms with Gasteiger partial charge in [0.05, 0.1) is 18.1 Å². The van der Waals surface area contributed by atoms with E-state index in [9.17, 15) is 9.59 Å². The lowest BCUT2D eigenvalue weighted by molar-refractivity contribution is -0.147. The highest BCUT2D eigenvalue weighted by Gasteiger charge is 2.37. The molecule has 1 aliphatic carbocycles. The van der Waals surface area contributed by atoms with E-state index in [1.807, 2.05) is 0 Å². The first-order valence-electron chi connectivity index (χ1n) is 6.23. The summed E-state index contributed by atoms with van der Waals surface area (Å²) >= 11 is 0. The molecule has 1 rings (SSSR count). The second kappa shape index (κ2) is 6.00. The van der Waals surface area contributed by atoms with Crippen LogP contribution in [-0.2, 0) is 14.3 Å². The van der Waals surface area contributed by atoms with Crippen LogP contribution in [0.25, 0.3) is 0 Å². The normalized spacial score (nSPS) is 19.7. The van der Waals surface area contributed by atoms with Crippen molar-refractivity contribution in [1.29, 1.82) is 0 Å². The van der Waals surface area contributed by atoms with Crippen LogP contribution in [0.3, 0.4) is 0 Å². The number of rotatable bonds is 5. The van der Waals surface area contributed by atoms with Gasteiger partial charge >= 0.3 is 5.97 Å². The first-order valence-corrected chi connectivity index (χ1v) is 6.23. The molecular weight excluding hydrogens is 220 g/mol. The summed E-state index contributed by atoms with van der Waals surface area (Å²) < 4.78 is 4.87. The van der Waals surface area contributed by atoms with Crippen molar-refractivity contribution in [2.75, 3.05) is 13.2 Å². The number of esters is 1.